The molecule has 2 heteroatoms. The molecule has 0 spiro atoms. The zero-order valence-corrected chi connectivity index (χ0v) is 6.15. The van der Waals surface area contributed by atoms with E-state index >= 15 is 0 Å². The van der Waals surface area contributed by atoms with Gasteiger partial charge in [0.15, 0.2) is 0 Å². The van der Waals surface area contributed by atoms with Crippen LogP contribution in [-0.4, -0.2) is 13.3 Å². The number of halogens is 2. The second kappa shape index (κ2) is 3.89. The van der Waals surface area contributed by atoms with Crippen LogP contribution in [-0.2, 0) is 0 Å². The van der Waals surface area contributed by atoms with Gasteiger partial charge in [-0.05, 0) is 37.5 Å². The van der Waals surface area contributed by atoms with Crippen LogP contribution in [0.1, 0.15) is 25.7 Å². The van der Waals surface area contributed by atoms with Crippen molar-refractivity contribution in [2.24, 2.45) is 11.8 Å². The van der Waals surface area contributed by atoms with E-state index in [1.165, 1.54) is 0 Å². The molecule has 0 unspecified atom stereocenters. The summed E-state index contributed by atoms with van der Waals surface area (Å²) in [5, 5.41) is 0. The van der Waals surface area contributed by atoms with Crippen molar-refractivity contribution in [3.8, 4) is 0 Å². The Bertz CT molecular complexity index is 73.3. The van der Waals surface area contributed by atoms with Gasteiger partial charge >= 0.3 is 0 Å². The highest BCUT2D eigenvalue weighted by molar-refractivity contribution is 4.71. The van der Waals surface area contributed by atoms with Gasteiger partial charge in [0, 0.05) is 0 Å². The van der Waals surface area contributed by atoms with Gasteiger partial charge in [0.05, 0.1) is 13.3 Å². The van der Waals surface area contributed by atoms with Crippen molar-refractivity contribution in [3.63, 3.8) is 0 Å². The van der Waals surface area contributed by atoms with Gasteiger partial charge in [-0.2, -0.15) is 0 Å². The second-order valence-corrected chi connectivity index (χ2v) is 3.20. The molecule has 0 aliphatic heterocycles. The lowest BCUT2D eigenvalue weighted by atomic mass is 9.83. The maximum Gasteiger partial charge on any atom is 0.0922 e. The Balaban J connectivity index is 2.17. The van der Waals surface area contributed by atoms with E-state index in [4.69, 9.17) is 0 Å². The monoisotopic (exact) mass is 148 g/mol. The highest BCUT2D eigenvalue weighted by Crippen LogP contribution is 2.28. The van der Waals surface area contributed by atoms with Gasteiger partial charge in [-0.1, -0.05) is 0 Å². The molecule has 0 amide bonds. The summed E-state index contributed by atoms with van der Waals surface area (Å²) in [6, 6.07) is 0. The average Bonchev–Trinajstić information content (AvgIpc) is 2.05. The molecule has 0 aromatic rings. The first-order valence-electron chi connectivity index (χ1n) is 3.98. The minimum Gasteiger partial charge on any atom is -0.251 e. The quantitative estimate of drug-likeness (QED) is 0.564. The molecule has 0 N–H and O–H groups in total. The Morgan fingerprint density at radius 2 is 1.10 bits per heavy atom. The minimum absolute atomic E-state index is 0.209. The second-order valence-electron chi connectivity index (χ2n) is 3.20. The Morgan fingerprint density at radius 3 is 1.30 bits per heavy atom. The SMILES string of the molecule is FCC1CCC(CF)CC1. The van der Waals surface area contributed by atoms with Crippen molar-refractivity contribution in [2.45, 2.75) is 25.7 Å². The van der Waals surface area contributed by atoms with Gasteiger partial charge in [0.2, 0.25) is 0 Å². The molecule has 0 saturated heterocycles. The van der Waals surface area contributed by atoms with Gasteiger partial charge in [-0.15, -0.1) is 0 Å². The van der Waals surface area contributed by atoms with Crippen LogP contribution in [0.5, 0.6) is 0 Å². The van der Waals surface area contributed by atoms with Crippen LogP contribution in [0.2, 0.25) is 0 Å². The van der Waals surface area contributed by atoms with Gasteiger partial charge in [0.1, 0.15) is 0 Å². The molecule has 1 aliphatic carbocycles. The molecular weight excluding hydrogens is 134 g/mol. The van der Waals surface area contributed by atoms with Crippen molar-refractivity contribution < 1.29 is 8.78 Å². The summed E-state index contributed by atoms with van der Waals surface area (Å²) in [7, 11) is 0. The van der Waals surface area contributed by atoms with Crippen LogP contribution < -0.4 is 0 Å². The Morgan fingerprint density at radius 1 is 0.800 bits per heavy atom. The molecule has 1 aliphatic rings. The summed E-state index contributed by atoms with van der Waals surface area (Å²) < 4.78 is 24.0. The van der Waals surface area contributed by atoms with E-state index in [1.54, 1.807) is 0 Å². The minimum atomic E-state index is -0.209. The van der Waals surface area contributed by atoms with Gasteiger partial charge in [-0.25, -0.2) is 0 Å². The van der Waals surface area contributed by atoms with E-state index in [-0.39, 0.29) is 25.2 Å². The van der Waals surface area contributed by atoms with Crippen LogP contribution in [0.25, 0.3) is 0 Å². The fourth-order valence-electron chi connectivity index (χ4n) is 1.54. The van der Waals surface area contributed by atoms with Crippen molar-refractivity contribution in [3.05, 3.63) is 0 Å². The van der Waals surface area contributed by atoms with Crippen LogP contribution in [0.4, 0.5) is 8.78 Å². The average molecular weight is 148 g/mol. The predicted octanol–water partition coefficient (Wildman–Crippen LogP) is 2.73. The molecule has 0 nitrogen and oxygen atoms in total. The van der Waals surface area contributed by atoms with E-state index in [0.717, 1.165) is 25.7 Å². The first-order valence-corrected chi connectivity index (χ1v) is 3.98. The highest BCUT2D eigenvalue weighted by Gasteiger charge is 2.20. The van der Waals surface area contributed by atoms with Gasteiger partial charge in [0.25, 0.3) is 0 Å². The Kier molecular flexibility index (Phi) is 3.10. The fourth-order valence-corrected chi connectivity index (χ4v) is 1.54. The third kappa shape index (κ3) is 1.93. The van der Waals surface area contributed by atoms with E-state index in [0.29, 0.717) is 0 Å². The smallest absolute Gasteiger partial charge is 0.0922 e. The molecule has 1 rings (SSSR count). The number of hydrogen-bond acceptors (Lipinski definition) is 0. The zero-order chi connectivity index (χ0) is 7.40. The lowest BCUT2D eigenvalue weighted by Gasteiger charge is -2.24. The van der Waals surface area contributed by atoms with E-state index in [2.05, 4.69) is 0 Å². The summed E-state index contributed by atoms with van der Waals surface area (Å²) in [6.45, 7) is -0.419. The largest absolute Gasteiger partial charge is 0.251 e. The third-order valence-corrected chi connectivity index (χ3v) is 2.40. The molecule has 1 saturated carbocycles. The number of hydrogen-bond donors (Lipinski definition) is 0. The first-order chi connectivity index (χ1) is 4.86. The lowest BCUT2D eigenvalue weighted by Crippen LogP contribution is -2.16. The molecule has 0 aromatic carbocycles. The van der Waals surface area contributed by atoms with Crippen LogP contribution in [0.3, 0.4) is 0 Å². The summed E-state index contributed by atoms with van der Waals surface area (Å²) in [5.74, 6) is 0.477. The molecule has 10 heavy (non-hydrogen) atoms. The number of alkyl halides is 2. The molecule has 0 atom stereocenters. The normalized spacial score (nSPS) is 34.2. The maximum absolute atomic E-state index is 12.0. The van der Waals surface area contributed by atoms with Crippen LogP contribution in [0, 0.1) is 11.8 Å². The van der Waals surface area contributed by atoms with Gasteiger partial charge in [-0.3, -0.25) is 8.78 Å². The zero-order valence-electron chi connectivity index (χ0n) is 6.15. The molecule has 0 radical (unpaired) electrons. The molecule has 0 heterocycles. The van der Waals surface area contributed by atoms with Crippen molar-refractivity contribution in [2.75, 3.05) is 13.3 Å². The molecular formula is C8H14F2. The first kappa shape index (κ1) is 7.96. The highest BCUT2D eigenvalue weighted by atomic mass is 19.1. The summed E-state index contributed by atoms with van der Waals surface area (Å²) in [4.78, 5) is 0. The van der Waals surface area contributed by atoms with Crippen molar-refractivity contribution >= 4 is 0 Å². The standard InChI is InChI=1S/C8H14F2/c9-5-7-1-2-8(6-10)4-3-7/h7-8H,1-6H2. The van der Waals surface area contributed by atoms with Crippen LogP contribution in [0.15, 0.2) is 0 Å². The molecule has 0 aromatic heterocycles. The molecule has 60 valence electrons. The van der Waals surface area contributed by atoms with Crippen molar-refractivity contribution in [1.82, 2.24) is 0 Å². The molecule has 1 fully saturated rings. The molecule has 0 bridgehead atoms. The number of rotatable bonds is 2. The Hall–Kier alpha value is -0.140. The summed E-state index contributed by atoms with van der Waals surface area (Å²) in [6.07, 6.45) is 3.58. The van der Waals surface area contributed by atoms with Crippen molar-refractivity contribution in [1.29, 1.82) is 0 Å². The van der Waals surface area contributed by atoms with E-state index < -0.39 is 0 Å². The van der Waals surface area contributed by atoms with Gasteiger partial charge < -0.3 is 0 Å². The summed E-state index contributed by atoms with van der Waals surface area (Å²) >= 11 is 0. The third-order valence-electron chi connectivity index (χ3n) is 2.40. The lowest BCUT2D eigenvalue weighted by molar-refractivity contribution is 0.204. The van der Waals surface area contributed by atoms with E-state index in [1.807, 2.05) is 0 Å². The maximum atomic E-state index is 12.0. The Labute approximate surface area is 60.6 Å². The fraction of sp³-hybridized carbons (Fsp3) is 1.00. The van der Waals surface area contributed by atoms with E-state index in [9.17, 15) is 8.78 Å². The van der Waals surface area contributed by atoms with Crippen LogP contribution >= 0.6 is 0 Å². The predicted molar refractivity (Wildman–Crippen MR) is 37.4 cm³/mol. The summed E-state index contributed by atoms with van der Waals surface area (Å²) in [5.41, 5.74) is 0. The topological polar surface area (TPSA) is 0 Å².